The SMILES string of the molecule is O[C@H]1CCCN(C2CCN(CCc3ccccc3)CC2)C1. The van der Waals surface area contributed by atoms with Crippen LogP contribution in [0.25, 0.3) is 0 Å². The molecule has 2 heterocycles. The summed E-state index contributed by atoms with van der Waals surface area (Å²) in [6.07, 6.45) is 5.76. The quantitative estimate of drug-likeness (QED) is 0.919. The monoisotopic (exact) mass is 288 g/mol. The molecule has 3 nitrogen and oxygen atoms in total. The number of β-amino-alcohol motifs (C(OH)–C–C–N with tert-alkyl or cyclic N) is 1. The fourth-order valence-electron chi connectivity index (χ4n) is 3.75. The van der Waals surface area contributed by atoms with Gasteiger partial charge in [-0.1, -0.05) is 30.3 Å². The van der Waals surface area contributed by atoms with Crippen molar-refractivity contribution in [1.82, 2.24) is 9.80 Å². The van der Waals surface area contributed by atoms with Gasteiger partial charge in [-0.2, -0.15) is 0 Å². The van der Waals surface area contributed by atoms with Crippen LogP contribution in [0.15, 0.2) is 30.3 Å². The molecule has 2 aliphatic heterocycles. The molecule has 2 aliphatic rings. The number of likely N-dealkylation sites (tertiary alicyclic amines) is 2. The second kappa shape index (κ2) is 7.39. The Balaban J connectivity index is 1.40. The third kappa shape index (κ3) is 4.29. The zero-order valence-corrected chi connectivity index (χ0v) is 13.0. The lowest BCUT2D eigenvalue weighted by atomic mass is 9.98. The van der Waals surface area contributed by atoms with Crippen molar-refractivity contribution in [3.8, 4) is 0 Å². The van der Waals surface area contributed by atoms with Crippen LogP contribution in [0.2, 0.25) is 0 Å². The highest BCUT2D eigenvalue weighted by atomic mass is 16.3. The Kier molecular flexibility index (Phi) is 5.28. The maximum Gasteiger partial charge on any atom is 0.0667 e. The van der Waals surface area contributed by atoms with Crippen LogP contribution in [0, 0.1) is 0 Å². The van der Waals surface area contributed by atoms with Crippen molar-refractivity contribution >= 4 is 0 Å². The van der Waals surface area contributed by atoms with Crippen LogP contribution >= 0.6 is 0 Å². The second-order valence-corrected chi connectivity index (χ2v) is 6.60. The van der Waals surface area contributed by atoms with Gasteiger partial charge >= 0.3 is 0 Å². The van der Waals surface area contributed by atoms with Crippen LogP contribution in [0.1, 0.15) is 31.2 Å². The molecule has 0 spiro atoms. The minimum absolute atomic E-state index is 0.0881. The average Bonchev–Trinajstić information content (AvgIpc) is 2.54. The normalized spacial score (nSPS) is 26.0. The molecule has 0 bridgehead atoms. The average molecular weight is 288 g/mol. The minimum Gasteiger partial charge on any atom is -0.392 e. The highest BCUT2D eigenvalue weighted by molar-refractivity contribution is 5.14. The van der Waals surface area contributed by atoms with Crippen molar-refractivity contribution < 1.29 is 5.11 Å². The Labute approximate surface area is 128 Å². The molecule has 2 saturated heterocycles. The first-order valence-electron chi connectivity index (χ1n) is 8.49. The van der Waals surface area contributed by atoms with Gasteiger partial charge in [0.25, 0.3) is 0 Å². The van der Waals surface area contributed by atoms with E-state index in [0.29, 0.717) is 6.04 Å². The summed E-state index contributed by atoms with van der Waals surface area (Å²) < 4.78 is 0. The van der Waals surface area contributed by atoms with E-state index in [1.807, 2.05) is 0 Å². The third-order valence-corrected chi connectivity index (χ3v) is 5.06. The predicted molar refractivity (Wildman–Crippen MR) is 86.4 cm³/mol. The smallest absolute Gasteiger partial charge is 0.0667 e. The summed E-state index contributed by atoms with van der Waals surface area (Å²) in [7, 11) is 0. The van der Waals surface area contributed by atoms with E-state index in [0.717, 1.165) is 25.8 Å². The molecule has 1 N–H and O–H groups in total. The van der Waals surface area contributed by atoms with Crippen LogP contribution in [0.3, 0.4) is 0 Å². The van der Waals surface area contributed by atoms with Crippen LogP contribution < -0.4 is 0 Å². The molecule has 3 rings (SSSR count). The molecule has 0 unspecified atom stereocenters. The first kappa shape index (κ1) is 15.0. The number of rotatable bonds is 4. The maximum atomic E-state index is 9.82. The number of benzene rings is 1. The molecule has 0 aromatic heterocycles. The van der Waals surface area contributed by atoms with Gasteiger partial charge in [-0.05, 0) is 57.3 Å². The summed E-state index contributed by atoms with van der Waals surface area (Å²) >= 11 is 0. The van der Waals surface area contributed by atoms with Crippen LogP contribution in [0.4, 0.5) is 0 Å². The third-order valence-electron chi connectivity index (χ3n) is 5.06. The number of nitrogens with zero attached hydrogens (tertiary/aromatic N) is 2. The van der Waals surface area contributed by atoms with Gasteiger partial charge in [0.05, 0.1) is 6.10 Å². The van der Waals surface area contributed by atoms with E-state index in [-0.39, 0.29) is 6.10 Å². The van der Waals surface area contributed by atoms with E-state index < -0.39 is 0 Å². The van der Waals surface area contributed by atoms with E-state index >= 15 is 0 Å². The maximum absolute atomic E-state index is 9.82. The van der Waals surface area contributed by atoms with Crippen molar-refractivity contribution in [2.75, 3.05) is 32.7 Å². The van der Waals surface area contributed by atoms with Gasteiger partial charge in [0.2, 0.25) is 0 Å². The number of hydrogen-bond donors (Lipinski definition) is 1. The Morgan fingerprint density at radius 3 is 2.48 bits per heavy atom. The topological polar surface area (TPSA) is 26.7 Å². The highest BCUT2D eigenvalue weighted by Crippen LogP contribution is 2.21. The fraction of sp³-hybridized carbons (Fsp3) is 0.667. The van der Waals surface area contributed by atoms with Crippen molar-refractivity contribution in [2.24, 2.45) is 0 Å². The zero-order valence-electron chi connectivity index (χ0n) is 13.0. The van der Waals surface area contributed by atoms with E-state index in [4.69, 9.17) is 0 Å². The fourth-order valence-corrected chi connectivity index (χ4v) is 3.75. The van der Waals surface area contributed by atoms with Crippen molar-refractivity contribution in [1.29, 1.82) is 0 Å². The summed E-state index contributed by atoms with van der Waals surface area (Å²) in [6, 6.07) is 11.5. The van der Waals surface area contributed by atoms with Gasteiger partial charge in [0.15, 0.2) is 0 Å². The molecular formula is C18H28N2O. The summed E-state index contributed by atoms with van der Waals surface area (Å²) in [5, 5.41) is 9.82. The van der Waals surface area contributed by atoms with Crippen molar-refractivity contribution in [2.45, 2.75) is 44.2 Å². The van der Waals surface area contributed by atoms with E-state index in [1.165, 1.54) is 44.6 Å². The van der Waals surface area contributed by atoms with Gasteiger partial charge < -0.3 is 10.0 Å². The van der Waals surface area contributed by atoms with Gasteiger partial charge in [-0.25, -0.2) is 0 Å². The molecular weight excluding hydrogens is 260 g/mol. The van der Waals surface area contributed by atoms with Gasteiger partial charge in [0, 0.05) is 19.1 Å². The van der Waals surface area contributed by atoms with Gasteiger partial charge in [0.1, 0.15) is 0 Å². The molecule has 0 aliphatic carbocycles. The molecule has 0 radical (unpaired) electrons. The van der Waals surface area contributed by atoms with Gasteiger partial charge in [-0.15, -0.1) is 0 Å². The van der Waals surface area contributed by atoms with Crippen molar-refractivity contribution in [3.05, 3.63) is 35.9 Å². The first-order valence-corrected chi connectivity index (χ1v) is 8.49. The predicted octanol–water partition coefficient (Wildman–Crippen LogP) is 2.15. The Bertz CT molecular complexity index is 414. The molecule has 3 heteroatoms. The van der Waals surface area contributed by atoms with Crippen LogP contribution in [-0.4, -0.2) is 59.8 Å². The Morgan fingerprint density at radius 2 is 1.76 bits per heavy atom. The molecule has 2 fully saturated rings. The largest absolute Gasteiger partial charge is 0.392 e. The van der Waals surface area contributed by atoms with E-state index in [2.05, 4.69) is 40.1 Å². The van der Waals surface area contributed by atoms with E-state index in [1.54, 1.807) is 0 Å². The summed E-state index contributed by atoms with van der Waals surface area (Å²) in [4.78, 5) is 5.13. The molecule has 0 saturated carbocycles. The summed E-state index contributed by atoms with van der Waals surface area (Å²) in [5.74, 6) is 0. The molecule has 21 heavy (non-hydrogen) atoms. The van der Waals surface area contributed by atoms with Crippen LogP contribution in [0.5, 0.6) is 0 Å². The number of piperidine rings is 2. The van der Waals surface area contributed by atoms with E-state index in [9.17, 15) is 5.11 Å². The van der Waals surface area contributed by atoms with Crippen molar-refractivity contribution in [3.63, 3.8) is 0 Å². The molecule has 1 aromatic carbocycles. The highest BCUT2D eigenvalue weighted by Gasteiger charge is 2.27. The zero-order chi connectivity index (χ0) is 14.5. The lowest BCUT2D eigenvalue weighted by Gasteiger charge is -2.41. The molecule has 1 atom stereocenters. The molecule has 0 amide bonds. The standard InChI is InChI=1S/C18H28N2O/c21-18-7-4-11-20(15-18)17-9-13-19(14-10-17)12-8-16-5-2-1-3-6-16/h1-3,5-6,17-18,21H,4,7-15H2/t18-/m0/s1. The summed E-state index contributed by atoms with van der Waals surface area (Å²) in [6.45, 7) is 5.69. The van der Waals surface area contributed by atoms with Gasteiger partial charge in [-0.3, -0.25) is 4.90 Å². The number of hydrogen-bond acceptors (Lipinski definition) is 3. The first-order chi connectivity index (χ1) is 10.3. The lowest BCUT2D eigenvalue weighted by molar-refractivity contribution is 0.0254. The molecule has 1 aromatic rings. The van der Waals surface area contributed by atoms with Crippen LogP contribution in [-0.2, 0) is 6.42 Å². The summed E-state index contributed by atoms with van der Waals surface area (Å²) in [5.41, 5.74) is 1.44. The minimum atomic E-state index is -0.0881. The Morgan fingerprint density at radius 1 is 1.00 bits per heavy atom. The number of aliphatic hydroxyl groups excluding tert-OH is 1. The second-order valence-electron chi connectivity index (χ2n) is 6.60. The lowest BCUT2D eigenvalue weighted by Crippen LogP contribution is -2.49. The Hall–Kier alpha value is -0.900. The molecule has 116 valence electrons. The number of aliphatic hydroxyl groups is 1.